The summed E-state index contributed by atoms with van der Waals surface area (Å²) in [7, 11) is 0. The highest BCUT2D eigenvalue weighted by atomic mass is 35.5. The van der Waals surface area contributed by atoms with Gasteiger partial charge in [0.1, 0.15) is 15.1 Å². The highest BCUT2D eigenvalue weighted by Gasteiger charge is 2.21. The van der Waals surface area contributed by atoms with Gasteiger partial charge < -0.3 is 4.74 Å². The van der Waals surface area contributed by atoms with Crippen LogP contribution in [0.2, 0.25) is 9.36 Å². The van der Waals surface area contributed by atoms with E-state index < -0.39 is 5.97 Å². The molecule has 0 aliphatic heterocycles. The topological polar surface area (TPSA) is 39.2 Å². The Morgan fingerprint density at radius 2 is 2.05 bits per heavy atom. The molecule has 1 aromatic heterocycles. The fraction of sp³-hybridized carbons (Fsp3) is 0.286. The molecular weight excluding hydrogens is 317 g/mol. The maximum atomic E-state index is 12.1. The lowest BCUT2D eigenvalue weighted by molar-refractivity contribution is 0.0728. The predicted molar refractivity (Wildman–Crippen MR) is 82.4 cm³/mol. The van der Waals surface area contributed by atoms with E-state index in [4.69, 9.17) is 27.9 Å². The molecule has 0 spiro atoms. The van der Waals surface area contributed by atoms with E-state index in [1.54, 1.807) is 0 Å². The van der Waals surface area contributed by atoms with Crippen LogP contribution in [0.25, 0.3) is 0 Å². The zero-order valence-corrected chi connectivity index (χ0v) is 13.6. The van der Waals surface area contributed by atoms with Crippen molar-refractivity contribution in [3.05, 3.63) is 44.4 Å². The molecule has 0 atom stereocenters. The number of hydrogen-bond acceptors (Lipinski definition) is 4. The van der Waals surface area contributed by atoms with Gasteiger partial charge in [0, 0.05) is 0 Å². The average Bonchev–Trinajstić information content (AvgIpc) is 2.69. The highest BCUT2D eigenvalue weighted by molar-refractivity contribution is 7.11. The summed E-state index contributed by atoms with van der Waals surface area (Å²) >= 11 is 12.7. The lowest BCUT2D eigenvalue weighted by atomic mass is 10.0. The van der Waals surface area contributed by atoms with Gasteiger partial charge in [-0.15, -0.1) is 0 Å². The minimum atomic E-state index is -0.592. The van der Waals surface area contributed by atoms with E-state index >= 15 is 0 Å². The van der Waals surface area contributed by atoms with Gasteiger partial charge in [-0.25, -0.2) is 4.79 Å². The van der Waals surface area contributed by atoms with Crippen LogP contribution < -0.4 is 4.74 Å². The molecule has 2 rings (SSSR count). The molecule has 106 valence electrons. The van der Waals surface area contributed by atoms with E-state index in [1.807, 2.05) is 39.0 Å². The summed E-state index contributed by atoms with van der Waals surface area (Å²) in [4.78, 5) is 12.1. The van der Waals surface area contributed by atoms with Crippen LogP contribution in [-0.4, -0.2) is 10.3 Å². The Morgan fingerprint density at radius 1 is 1.35 bits per heavy atom. The van der Waals surface area contributed by atoms with Gasteiger partial charge in [-0.2, -0.15) is 4.37 Å². The third kappa shape index (κ3) is 3.14. The van der Waals surface area contributed by atoms with Crippen LogP contribution in [0.1, 0.15) is 41.4 Å². The average molecular weight is 330 g/mol. The minimum absolute atomic E-state index is 0.0536. The standard InChI is InChI=1S/C14H13Cl2NO2S/c1-7(2)9-5-4-8(3)6-10(9)19-14(18)12-11(15)13(16)20-17-12/h4-7H,1-3H3. The normalized spacial score (nSPS) is 10.9. The van der Waals surface area contributed by atoms with Gasteiger partial charge in [-0.05, 0) is 41.6 Å². The van der Waals surface area contributed by atoms with Gasteiger partial charge >= 0.3 is 5.97 Å². The second kappa shape index (κ2) is 6.12. The fourth-order valence-electron chi connectivity index (χ4n) is 1.74. The van der Waals surface area contributed by atoms with Gasteiger partial charge in [0.2, 0.25) is 0 Å². The smallest absolute Gasteiger partial charge is 0.365 e. The van der Waals surface area contributed by atoms with E-state index in [9.17, 15) is 4.79 Å². The monoisotopic (exact) mass is 329 g/mol. The summed E-state index contributed by atoms with van der Waals surface area (Å²) in [5, 5.41) is 0.139. The van der Waals surface area contributed by atoms with Crippen LogP contribution in [0.3, 0.4) is 0 Å². The summed E-state index contributed by atoms with van der Waals surface area (Å²) in [6.07, 6.45) is 0. The number of halogens is 2. The molecule has 1 aromatic carbocycles. The summed E-state index contributed by atoms with van der Waals surface area (Å²) in [6.45, 7) is 6.01. The van der Waals surface area contributed by atoms with Crippen LogP contribution in [-0.2, 0) is 0 Å². The van der Waals surface area contributed by atoms with Crippen LogP contribution in [0.5, 0.6) is 5.75 Å². The SMILES string of the molecule is Cc1ccc(C(C)C)c(OC(=O)c2nsc(Cl)c2Cl)c1. The molecule has 0 saturated heterocycles. The minimum Gasteiger partial charge on any atom is -0.421 e. The molecule has 0 aliphatic carbocycles. The zero-order valence-electron chi connectivity index (χ0n) is 11.2. The number of ether oxygens (including phenoxy) is 1. The molecule has 20 heavy (non-hydrogen) atoms. The lowest BCUT2D eigenvalue weighted by Crippen LogP contribution is -2.11. The number of aromatic nitrogens is 1. The lowest BCUT2D eigenvalue weighted by Gasteiger charge is -2.13. The third-order valence-corrected chi connectivity index (χ3v) is 4.40. The maximum absolute atomic E-state index is 12.1. The molecule has 0 aliphatic rings. The fourth-order valence-corrected chi connectivity index (χ4v) is 2.72. The summed E-state index contributed by atoms with van der Waals surface area (Å²) in [6, 6.07) is 5.77. The molecule has 3 nitrogen and oxygen atoms in total. The molecule has 0 saturated carbocycles. The third-order valence-electron chi connectivity index (χ3n) is 2.78. The molecule has 0 fully saturated rings. The maximum Gasteiger partial charge on any atom is 0.365 e. The Kier molecular flexibility index (Phi) is 4.68. The van der Waals surface area contributed by atoms with Gasteiger partial charge in [-0.3, -0.25) is 0 Å². The second-order valence-electron chi connectivity index (χ2n) is 4.70. The van der Waals surface area contributed by atoms with Crippen molar-refractivity contribution < 1.29 is 9.53 Å². The number of esters is 1. The molecule has 0 N–H and O–H groups in total. The predicted octanol–water partition coefficient (Wildman–Crippen LogP) is 5.10. The van der Waals surface area contributed by atoms with Crippen molar-refractivity contribution in [1.29, 1.82) is 0 Å². The van der Waals surface area contributed by atoms with Gasteiger partial charge in [0.15, 0.2) is 5.69 Å². The van der Waals surface area contributed by atoms with Crippen molar-refractivity contribution in [3.63, 3.8) is 0 Å². The van der Waals surface area contributed by atoms with E-state index in [-0.39, 0.29) is 21.0 Å². The van der Waals surface area contributed by atoms with Crippen molar-refractivity contribution in [2.24, 2.45) is 0 Å². The zero-order chi connectivity index (χ0) is 14.9. The first-order valence-electron chi connectivity index (χ1n) is 6.03. The van der Waals surface area contributed by atoms with E-state index in [2.05, 4.69) is 4.37 Å². The van der Waals surface area contributed by atoms with Crippen LogP contribution in [0.4, 0.5) is 0 Å². The molecule has 0 amide bonds. The molecule has 6 heteroatoms. The van der Waals surface area contributed by atoms with Crippen molar-refractivity contribution in [3.8, 4) is 5.75 Å². The van der Waals surface area contributed by atoms with Gasteiger partial charge in [-0.1, -0.05) is 49.2 Å². The number of benzene rings is 1. The number of carbonyl (C=O) groups is 1. The van der Waals surface area contributed by atoms with Gasteiger partial charge in [0.25, 0.3) is 0 Å². The number of carbonyl (C=O) groups excluding carboxylic acids is 1. The van der Waals surface area contributed by atoms with Crippen LogP contribution >= 0.6 is 34.7 Å². The van der Waals surface area contributed by atoms with Crippen molar-refractivity contribution >= 4 is 40.7 Å². The van der Waals surface area contributed by atoms with Crippen LogP contribution in [0.15, 0.2) is 18.2 Å². The quantitative estimate of drug-likeness (QED) is 0.580. The first-order chi connectivity index (χ1) is 9.40. The largest absolute Gasteiger partial charge is 0.421 e. The van der Waals surface area contributed by atoms with Crippen LogP contribution in [0, 0.1) is 6.92 Å². The molecule has 0 bridgehead atoms. The number of hydrogen-bond donors (Lipinski definition) is 0. The summed E-state index contributed by atoms with van der Waals surface area (Å²) in [5.41, 5.74) is 2.03. The second-order valence-corrected chi connectivity index (χ2v) is 6.46. The Labute approximate surface area is 131 Å². The number of rotatable bonds is 3. The number of nitrogens with zero attached hydrogens (tertiary/aromatic N) is 1. The first-order valence-corrected chi connectivity index (χ1v) is 7.56. The Balaban J connectivity index is 2.32. The van der Waals surface area contributed by atoms with Crippen molar-refractivity contribution in [1.82, 2.24) is 4.37 Å². The van der Waals surface area contributed by atoms with E-state index in [0.717, 1.165) is 22.7 Å². The number of aryl methyl sites for hydroxylation is 1. The van der Waals surface area contributed by atoms with E-state index in [0.29, 0.717) is 5.75 Å². The Morgan fingerprint density at radius 3 is 2.60 bits per heavy atom. The molecule has 1 heterocycles. The van der Waals surface area contributed by atoms with Crippen molar-refractivity contribution in [2.45, 2.75) is 26.7 Å². The van der Waals surface area contributed by atoms with Crippen molar-refractivity contribution in [2.75, 3.05) is 0 Å². The molecular formula is C14H13Cl2NO2S. The molecule has 2 aromatic rings. The molecule has 0 unspecified atom stereocenters. The van der Waals surface area contributed by atoms with E-state index in [1.165, 1.54) is 0 Å². The summed E-state index contributed by atoms with van der Waals surface area (Å²) < 4.78 is 9.63. The Hall–Kier alpha value is -1.10. The molecule has 0 radical (unpaired) electrons. The first kappa shape index (κ1) is 15.3. The Bertz CT molecular complexity index is 653. The van der Waals surface area contributed by atoms with Gasteiger partial charge in [0.05, 0.1) is 0 Å². The summed E-state index contributed by atoms with van der Waals surface area (Å²) in [5.74, 6) is 0.184. The highest BCUT2D eigenvalue weighted by Crippen LogP contribution is 2.32.